The smallest absolute Gasteiger partial charge is 0.215 e. The third kappa shape index (κ3) is 7.30. The van der Waals surface area contributed by atoms with Crippen molar-refractivity contribution in [3.8, 4) is 0 Å². The number of nitrogens with one attached hydrogen (secondary N) is 2. The van der Waals surface area contributed by atoms with Crippen LogP contribution in [0, 0.1) is 6.92 Å². The fourth-order valence-electron chi connectivity index (χ4n) is 2.17. The van der Waals surface area contributed by atoms with Gasteiger partial charge >= 0.3 is 0 Å². The van der Waals surface area contributed by atoms with Gasteiger partial charge in [-0.05, 0) is 24.1 Å². The average Bonchev–Trinajstić information content (AvgIpc) is 2.53. The lowest BCUT2D eigenvalue weighted by Crippen LogP contribution is -2.34. The third-order valence-electron chi connectivity index (χ3n) is 3.35. The van der Waals surface area contributed by atoms with Crippen LogP contribution in [0.5, 0.6) is 0 Å². The fourth-order valence-corrected chi connectivity index (χ4v) is 4.34. The topological polar surface area (TPSA) is 105 Å². The SMILES string of the molecule is Cc1cccc(CS(=O)(=O)NCCS(=O)(=O)NCc2cccnc2)c1. The number of aryl methyl sites for hydroxylation is 1. The normalized spacial score (nSPS) is 12.2. The zero-order chi connectivity index (χ0) is 18.3. The standard InChI is InChI=1S/C16H21N3O4S2/c1-14-4-2-5-15(10-14)13-25(22,23)18-8-9-24(20,21)19-12-16-6-3-7-17-11-16/h2-7,10-11,18-19H,8-9,12-13H2,1H3. The van der Waals surface area contributed by atoms with Gasteiger partial charge in [-0.25, -0.2) is 26.3 Å². The van der Waals surface area contributed by atoms with Crippen molar-refractivity contribution in [1.29, 1.82) is 0 Å². The first kappa shape index (κ1) is 19.5. The number of rotatable bonds is 9. The van der Waals surface area contributed by atoms with E-state index in [1.165, 1.54) is 0 Å². The minimum atomic E-state index is -3.59. The Morgan fingerprint density at radius 2 is 1.72 bits per heavy atom. The summed E-state index contributed by atoms with van der Waals surface area (Å²) in [4.78, 5) is 3.90. The lowest BCUT2D eigenvalue weighted by atomic mass is 10.2. The van der Waals surface area contributed by atoms with Gasteiger partial charge in [0.1, 0.15) is 0 Å². The summed E-state index contributed by atoms with van der Waals surface area (Å²) < 4.78 is 52.7. The van der Waals surface area contributed by atoms with Gasteiger partial charge in [0, 0.05) is 25.5 Å². The minimum absolute atomic E-state index is 0.117. The van der Waals surface area contributed by atoms with Gasteiger partial charge < -0.3 is 0 Å². The maximum absolute atomic E-state index is 12.0. The van der Waals surface area contributed by atoms with E-state index in [-0.39, 0.29) is 24.6 Å². The number of hydrogen-bond acceptors (Lipinski definition) is 5. The Labute approximate surface area is 148 Å². The molecule has 2 rings (SSSR count). The summed E-state index contributed by atoms with van der Waals surface area (Å²) in [6.45, 7) is 1.81. The van der Waals surface area contributed by atoms with Crippen LogP contribution in [0.2, 0.25) is 0 Å². The van der Waals surface area contributed by atoms with E-state index < -0.39 is 20.0 Å². The summed E-state index contributed by atoms with van der Waals surface area (Å²) in [7, 11) is -7.18. The van der Waals surface area contributed by atoms with Crippen molar-refractivity contribution in [2.75, 3.05) is 12.3 Å². The second-order valence-corrected chi connectivity index (χ2v) is 9.38. The molecule has 0 unspecified atom stereocenters. The number of sulfonamides is 2. The van der Waals surface area contributed by atoms with Crippen LogP contribution >= 0.6 is 0 Å². The van der Waals surface area contributed by atoms with Crippen molar-refractivity contribution in [2.24, 2.45) is 0 Å². The molecule has 1 aromatic carbocycles. The first-order valence-electron chi connectivity index (χ1n) is 7.65. The van der Waals surface area contributed by atoms with Crippen LogP contribution in [-0.2, 0) is 32.3 Å². The van der Waals surface area contributed by atoms with Gasteiger partial charge in [-0.2, -0.15) is 0 Å². The molecule has 0 spiro atoms. The molecule has 0 fully saturated rings. The van der Waals surface area contributed by atoms with Crippen LogP contribution < -0.4 is 9.44 Å². The maximum atomic E-state index is 12.0. The number of benzene rings is 1. The highest BCUT2D eigenvalue weighted by Gasteiger charge is 2.15. The van der Waals surface area contributed by atoms with Gasteiger partial charge in [-0.15, -0.1) is 0 Å². The molecular weight excluding hydrogens is 362 g/mol. The molecule has 0 bridgehead atoms. The molecule has 0 amide bonds. The van der Waals surface area contributed by atoms with E-state index in [0.717, 1.165) is 11.1 Å². The van der Waals surface area contributed by atoms with Crippen molar-refractivity contribution in [3.63, 3.8) is 0 Å². The second-order valence-electron chi connectivity index (χ2n) is 5.64. The van der Waals surface area contributed by atoms with Crippen molar-refractivity contribution >= 4 is 20.0 Å². The van der Waals surface area contributed by atoms with Crippen LogP contribution in [0.25, 0.3) is 0 Å². The van der Waals surface area contributed by atoms with E-state index in [0.29, 0.717) is 5.56 Å². The lowest BCUT2D eigenvalue weighted by Gasteiger charge is -2.09. The predicted octanol–water partition coefficient (Wildman–Crippen LogP) is 0.929. The van der Waals surface area contributed by atoms with E-state index in [9.17, 15) is 16.8 Å². The molecule has 2 N–H and O–H groups in total. The molecule has 0 atom stereocenters. The van der Waals surface area contributed by atoms with Gasteiger partial charge in [0.15, 0.2) is 0 Å². The summed E-state index contributed by atoms with van der Waals surface area (Å²) >= 11 is 0. The van der Waals surface area contributed by atoms with Gasteiger partial charge in [0.2, 0.25) is 20.0 Å². The van der Waals surface area contributed by atoms with E-state index >= 15 is 0 Å². The predicted molar refractivity (Wildman–Crippen MR) is 96.7 cm³/mol. The first-order valence-corrected chi connectivity index (χ1v) is 11.0. The van der Waals surface area contributed by atoms with Crippen LogP contribution in [0.3, 0.4) is 0 Å². The van der Waals surface area contributed by atoms with E-state index in [1.54, 1.807) is 42.7 Å². The van der Waals surface area contributed by atoms with Crippen LogP contribution in [0.4, 0.5) is 0 Å². The summed E-state index contributed by atoms with van der Waals surface area (Å²) in [5.74, 6) is -0.516. The first-order chi connectivity index (χ1) is 11.8. The Morgan fingerprint density at radius 1 is 0.960 bits per heavy atom. The molecule has 0 saturated carbocycles. The number of aromatic nitrogens is 1. The van der Waals surface area contributed by atoms with Crippen LogP contribution in [-0.4, -0.2) is 34.1 Å². The molecule has 0 radical (unpaired) electrons. The highest BCUT2D eigenvalue weighted by Crippen LogP contribution is 2.07. The molecule has 0 aliphatic rings. The summed E-state index contributed by atoms with van der Waals surface area (Å²) in [6, 6.07) is 10.6. The highest BCUT2D eigenvalue weighted by atomic mass is 32.2. The Kier molecular flexibility index (Phi) is 6.65. The monoisotopic (exact) mass is 383 g/mol. The van der Waals surface area contributed by atoms with Crippen LogP contribution in [0.15, 0.2) is 48.8 Å². The summed E-state index contributed by atoms with van der Waals surface area (Å²) in [5, 5.41) is 0. The molecule has 0 saturated heterocycles. The van der Waals surface area contributed by atoms with E-state index in [2.05, 4.69) is 14.4 Å². The molecule has 136 valence electrons. The molecule has 1 aromatic heterocycles. The highest BCUT2D eigenvalue weighted by molar-refractivity contribution is 7.90. The fraction of sp³-hybridized carbons (Fsp3) is 0.312. The zero-order valence-corrected chi connectivity index (χ0v) is 15.5. The van der Waals surface area contributed by atoms with E-state index in [1.807, 2.05) is 13.0 Å². The van der Waals surface area contributed by atoms with Crippen molar-refractivity contribution in [3.05, 3.63) is 65.5 Å². The Balaban J connectivity index is 1.81. The summed E-state index contributed by atoms with van der Waals surface area (Å²) in [5.41, 5.74) is 2.35. The minimum Gasteiger partial charge on any atom is -0.264 e. The Bertz CT molecular complexity index is 898. The van der Waals surface area contributed by atoms with Crippen molar-refractivity contribution in [1.82, 2.24) is 14.4 Å². The van der Waals surface area contributed by atoms with Gasteiger partial charge in [-0.1, -0.05) is 35.9 Å². The Hall–Kier alpha value is -1.81. The van der Waals surface area contributed by atoms with Crippen LogP contribution in [0.1, 0.15) is 16.7 Å². The molecule has 0 aliphatic heterocycles. The molecule has 0 aliphatic carbocycles. The number of nitrogens with zero attached hydrogens (tertiary/aromatic N) is 1. The lowest BCUT2D eigenvalue weighted by molar-refractivity contribution is 0.574. The molecule has 1 heterocycles. The third-order valence-corrected chi connectivity index (χ3v) is 6.03. The molecule has 2 aromatic rings. The van der Waals surface area contributed by atoms with E-state index in [4.69, 9.17) is 0 Å². The zero-order valence-electron chi connectivity index (χ0n) is 13.8. The average molecular weight is 383 g/mol. The molecule has 7 nitrogen and oxygen atoms in total. The number of pyridine rings is 1. The van der Waals surface area contributed by atoms with Gasteiger partial charge in [0.05, 0.1) is 11.5 Å². The largest absolute Gasteiger partial charge is 0.264 e. The second kappa shape index (κ2) is 8.52. The Morgan fingerprint density at radius 3 is 2.40 bits per heavy atom. The van der Waals surface area contributed by atoms with Crippen molar-refractivity contribution < 1.29 is 16.8 Å². The molecule has 25 heavy (non-hydrogen) atoms. The van der Waals surface area contributed by atoms with Gasteiger partial charge in [0.25, 0.3) is 0 Å². The quantitative estimate of drug-likeness (QED) is 0.670. The molecular formula is C16H21N3O4S2. The van der Waals surface area contributed by atoms with Gasteiger partial charge in [-0.3, -0.25) is 4.98 Å². The number of hydrogen-bond donors (Lipinski definition) is 2. The molecule has 9 heteroatoms. The maximum Gasteiger partial charge on any atom is 0.215 e. The summed E-state index contributed by atoms with van der Waals surface area (Å²) in [6.07, 6.45) is 3.16. The van der Waals surface area contributed by atoms with Crippen molar-refractivity contribution in [2.45, 2.75) is 19.2 Å².